The van der Waals surface area contributed by atoms with Crippen LogP contribution in [0.2, 0.25) is 0 Å². The molecule has 5 nitrogen and oxygen atoms in total. The van der Waals surface area contributed by atoms with Gasteiger partial charge >= 0.3 is 0 Å². The van der Waals surface area contributed by atoms with Crippen LogP contribution in [0.5, 0.6) is 0 Å². The van der Waals surface area contributed by atoms with Crippen molar-refractivity contribution in [2.24, 2.45) is 11.7 Å². The number of nitrogens with one attached hydrogen (secondary N) is 2. The minimum atomic E-state index is -0.452. The quantitative estimate of drug-likeness (QED) is 0.769. The fourth-order valence-electron chi connectivity index (χ4n) is 2.25. The van der Waals surface area contributed by atoms with Gasteiger partial charge in [0.15, 0.2) is 0 Å². The predicted octanol–water partition coefficient (Wildman–Crippen LogP) is 0.823. The largest absolute Gasteiger partial charge is 0.366 e. The highest BCUT2D eigenvalue weighted by atomic mass is 35.5. The van der Waals surface area contributed by atoms with Crippen molar-refractivity contribution in [1.82, 2.24) is 10.6 Å². The average Bonchev–Trinajstić information content (AvgIpc) is 2.46. The summed E-state index contributed by atoms with van der Waals surface area (Å²) in [6.45, 7) is 2.23. The monoisotopic (exact) mass is 297 g/mol. The lowest BCUT2D eigenvalue weighted by atomic mass is 9.97. The van der Waals surface area contributed by atoms with Crippen LogP contribution in [0.25, 0.3) is 0 Å². The van der Waals surface area contributed by atoms with Crippen LogP contribution in [-0.2, 0) is 11.3 Å². The van der Waals surface area contributed by atoms with Crippen LogP contribution in [0.3, 0.4) is 0 Å². The van der Waals surface area contributed by atoms with Gasteiger partial charge in [-0.25, -0.2) is 0 Å². The van der Waals surface area contributed by atoms with Crippen LogP contribution in [0, 0.1) is 5.92 Å². The zero-order valence-electron chi connectivity index (χ0n) is 11.2. The molecule has 2 amide bonds. The summed E-state index contributed by atoms with van der Waals surface area (Å²) in [6, 6.07) is 7.02. The number of carbonyl (C=O) groups excluding carboxylic acids is 2. The molecule has 4 N–H and O–H groups in total. The molecule has 0 radical (unpaired) electrons. The van der Waals surface area contributed by atoms with Crippen LogP contribution in [-0.4, -0.2) is 24.9 Å². The lowest BCUT2D eigenvalue weighted by Gasteiger charge is -2.21. The Hall–Kier alpha value is -1.59. The Balaban J connectivity index is 0.00000200. The van der Waals surface area contributed by atoms with E-state index < -0.39 is 5.91 Å². The van der Waals surface area contributed by atoms with Gasteiger partial charge in [0.25, 0.3) is 0 Å². The van der Waals surface area contributed by atoms with Crippen molar-refractivity contribution in [1.29, 1.82) is 0 Å². The number of primary amides is 1. The molecule has 1 aromatic rings. The summed E-state index contributed by atoms with van der Waals surface area (Å²) < 4.78 is 0. The summed E-state index contributed by atoms with van der Waals surface area (Å²) in [6.07, 6.45) is 1.76. The standard InChI is InChI=1S/C14H19N3O2.ClH/c15-13(18)12-3-1-2-10(8-12)9-17-14(19)11-4-6-16-7-5-11;/h1-3,8,11,16H,4-7,9H2,(H2,15,18)(H,17,19);1H. The lowest BCUT2D eigenvalue weighted by molar-refractivity contribution is -0.125. The number of benzene rings is 1. The normalized spacial score (nSPS) is 15.2. The van der Waals surface area contributed by atoms with Crippen molar-refractivity contribution >= 4 is 24.2 Å². The first-order valence-electron chi connectivity index (χ1n) is 6.54. The second-order valence-corrected chi connectivity index (χ2v) is 4.81. The molecule has 0 saturated carbocycles. The van der Waals surface area contributed by atoms with Crippen LogP contribution < -0.4 is 16.4 Å². The molecule has 0 bridgehead atoms. The summed E-state index contributed by atoms with van der Waals surface area (Å²) in [4.78, 5) is 23.0. The number of carbonyl (C=O) groups is 2. The van der Waals surface area contributed by atoms with E-state index in [-0.39, 0.29) is 24.2 Å². The Morgan fingerprint density at radius 3 is 2.65 bits per heavy atom. The number of halogens is 1. The highest BCUT2D eigenvalue weighted by Crippen LogP contribution is 2.12. The fourth-order valence-corrected chi connectivity index (χ4v) is 2.25. The molecular weight excluding hydrogens is 278 g/mol. The second kappa shape index (κ2) is 7.87. The van der Waals surface area contributed by atoms with E-state index in [2.05, 4.69) is 10.6 Å². The topological polar surface area (TPSA) is 84.2 Å². The Labute approximate surface area is 124 Å². The van der Waals surface area contributed by atoms with Gasteiger partial charge in [0.2, 0.25) is 11.8 Å². The van der Waals surface area contributed by atoms with E-state index in [1.165, 1.54) is 0 Å². The molecule has 20 heavy (non-hydrogen) atoms. The zero-order chi connectivity index (χ0) is 13.7. The van der Waals surface area contributed by atoms with E-state index in [0.29, 0.717) is 12.1 Å². The molecule has 0 atom stereocenters. The molecule has 1 heterocycles. The minimum Gasteiger partial charge on any atom is -0.366 e. The third-order valence-corrected chi connectivity index (χ3v) is 3.39. The third-order valence-electron chi connectivity index (χ3n) is 3.39. The molecule has 2 rings (SSSR count). The van der Waals surface area contributed by atoms with Crippen molar-refractivity contribution in [2.45, 2.75) is 19.4 Å². The van der Waals surface area contributed by atoms with Crippen LogP contribution >= 0.6 is 12.4 Å². The Kier molecular flexibility index (Phi) is 6.48. The van der Waals surface area contributed by atoms with Crippen molar-refractivity contribution in [2.75, 3.05) is 13.1 Å². The van der Waals surface area contributed by atoms with E-state index in [9.17, 15) is 9.59 Å². The SMILES string of the molecule is Cl.NC(=O)c1cccc(CNC(=O)C2CCNCC2)c1. The van der Waals surface area contributed by atoms with E-state index in [0.717, 1.165) is 31.5 Å². The van der Waals surface area contributed by atoms with Gasteiger partial charge in [0, 0.05) is 18.0 Å². The molecule has 0 spiro atoms. The molecule has 0 aromatic heterocycles. The summed E-state index contributed by atoms with van der Waals surface area (Å²) >= 11 is 0. The molecule has 1 saturated heterocycles. The van der Waals surface area contributed by atoms with Gasteiger partial charge in [-0.3, -0.25) is 9.59 Å². The van der Waals surface area contributed by atoms with Crippen molar-refractivity contribution in [3.05, 3.63) is 35.4 Å². The van der Waals surface area contributed by atoms with Crippen molar-refractivity contribution in [3.63, 3.8) is 0 Å². The van der Waals surface area contributed by atoms with Gasteiger partial charge in [-0.15, -0.1) is 12.4 Å². The first kappa shape index (κ1) is 16.5. The average molecular weight is 298 g/mol. The number of nitrogens with two attached hydrogens (primary N) is 1. The van der Waals surface area contributed by atoms with Gasteiger partial charge in [-0.2, -0.15) is 0 Å². The van der Waals surface area contributed by atoms with Gasteiger partial charge in [0.05, 0.1) is 0 Å². The van der Waals surface area contributed by atoms with Crippen molar-refractivity contribution in [3.8, 4) is 0 Å². The molecular formula is C14H20ClN3O2. The van der Waals surface area contributed by atoms with Crippen LogP contribution in [0.15, 0.2) is 24.3 Å². The second-order valence-electron chi connectivity index (χ2n) is 4.81. The molecule has 1 aliphatic rings. The maximum absolute atomic E-state index is 12.0. The summed E-state index contributed by atoms with van der Waals surface area (Å²) in [5.41, 5.74) is 6.58. The summed E-state index contributed by atoms with van der Waals surface area (Å²) in [7, 11) is 0. The maximum Gasteiger partial charge on any atom is 0.248 e. The van der Waals surface area contributed by atoms with E-state index in [1.54, 1.807) is 18.2 Å². The Bertz CT molecular complexity index is 473. The number of amides is 2. The zero-order valence-corrected chi connectivity index (χ0v) is 12.0. The third kappa shape index (κ3) is 4.51. The molecule has 1 aromatic carbocycles. The Morgan fingerprint density at radius 2 is 2.00 bits per heavy atom. The highest BCUT2D eigenvalue weighted by Gasteiger charge is 2.20. The van der Waals surface area contributed by atoms with Crippen LogP contribution in [0.4, 0.5) is 0 Å². The highest BCUT2D eigenvalue weighted by molar-refractivity contribution is 5.92. The number of hydrogen-bond donors (Lipinski definition) is 3. The van der Waals surface area contributed by atoms with Gasteiger partial charge in [-0.05, 0) is 43.6 Å². The predicted molar refractivity (Wildman–Crippen MR) is 79.6 cm³/mol. The number of hydrogen-bond acceptors (Lipinski definition) is 3. The minimum absolute atomic E-state index is 0. The first-order valence-corrected chi connectivity index (χ1v) is 6.54. The fraction of sp³-hybridized carbons (Fsp3) is 0.429. The molecule has 6 heteroatoms. The Morgan fingerprint density at radius 1 is 1.30 bits per heavy atom. The number of piperidine rings is 1. The van der Waals surface area contributed by atoms with Gasteiger partial charge in [-0.1, -0.05) is 12.1 Å². The van der Waals surface area contributed by atoms with E-state index >= 15 is 0 Å². The maximum atomic E-state index is 12.0. The molecule has 0 unspecified atom stereocenters. The van der Waals surface area contributed by atoms with E-state index in [1.807, 2.05) is 6.07 Å². The number of rotatable bonds is 4. The first-order chi connectivity index (χ1) is 9.16. The molecule has 0 aliphatic carbocycles. The van der Waals surface area contributed by atoms with Crippen molar-refractivity contribution < 1.29 is 9.59 Å². The lowest BCUT2D eigenvalue weighted by Crippen LogP contribution is -2.37. The summed E-state index contributed by atoms with van der Waals surface area (Å²) in [5, 5.41) is 6.15. The molecule has 1 aliphatic heterocycles. The summed E-state index contributed by atoms with van der Waals surface area (Å²) in [5.74, 6) is -0.266. The molecule has 110 valence electrons. The van der Waals surface area contributed by atoms with E-state index in [4.69, 9.17) is 5.73 Å². The smallest absolute Gasteiger partial charge is 0.248 e. The van der Waals surface area contributed by atoms with Gasteiger partial charge < -0.3 is 16.4 Å². The molecule has 1 fully saturated rings. The van der Waals surface area contributed by atoms with Crippen LogP contribution in [0.1, 0.15) is 28.8 Å². The van der Waals surface area contributed by atoms with Gasteiger partial charge in [0.1, 0.15) is 0 Å².